The fourth-order valence-corrected chi connectivity index (χ4v) is 1.54. The second kappa shape index (κ2) is 5.07. The fourth-order valence-electron chi connectivity index (χ4n) is 1.24. The molecule has 3 nitrogen and oxygen atoms in total. The lowest BCUT2D eigenvalue weighted by Crippen LogP contribution is -2.07. The highest BCUT2D eigenvalue weighted by Crippen LogP contribution is 2.13. The van der Waals surface area contributed by atoms with Crippen molar-refractivity contribution in [2.24, 2.45) is 0 Å². The van der Waals surface area contributed by atoms with Crippen LogP contribution in [-0.4, -0.2) is 24.2 Å². The minimum Gasteiger partial charge on any atom is -0.465 e. The molecule has 0 N–H and O–H groups in total. The number of aryl methyl sites for hydroxylation is 1. The van der Waals surface area contributed by atoms with Crippen LogP contribution in [0.25, 0.3) is 0 Å². The van der Waals surface area contributed by atoms with Gasteiger partial charge in [0.05, 0.1) is 18.0 Å². The third-order valence-electron chi connectivity index (χ3n) is 2.08. The molecule has 0 bridgehead atoms. The minimum atomic E-state index is -0.432. The summed E-state index contributed by atoms with van der Waals surface area (Å²) in [5, 5.41) is 0.248. The van der Waals surface area contributed by atoms with Crippen LogP contribution in [0.5, 0.6) is 0 Å². The van der Waals surface area contributed by atoms with E-state index in [1.54, 1.807) is 18.2 Å². The topological polar surface area (TPSA) is 43.4 Å². The molecular formula is C11H11BrO3. The number of carbonyl (C=O) groups is 2. The molecule has 0 unspecified atom stereocenters. The number of halogens is 1. The Hall–Kier alpha value is -1.16. The molecule has 0 aromatic heterocycles. The highest BCUT2D eigenvalue weighted by atomic mass is 79.9. The molecule has 0 aliphatic carbocycles. The van der Waals surface area contributed by atoms with Crippen LogP contribution in [0.2, 0.25) is 0 Å². The van der Waals surface area contributed by atoms with E-state index in [1.807, 2.05) is 6.92 Å². The molecule has 0 spiro atoms. The summed E-state index contributed by atoms with van der Waals surface area (Å²) in [5.41, 5.74) is 1.80. The summed E-state index contributed by atoms with van der Waals surface area (Å²) in [4.78, 5) is 22.7. The van der Waals surface area contributed by atoms with E-state index in [-0.39, 0.29) is 11.1 Å². The lowest BCUT2D eigenvalue weighted by molar-refractivity contribution is 0.0600. The number of ketones is 1. The van der Waals surface area contributed by atoms with Gasteiger partial charge in [-0.05, 0) is 24.6 Å². The third-order valence-corrected chi connectivity index (χ3v) is 2.59. The van der Waals surface area contributed by atoms with Crippen molar-refractivity contribution in [2.45, 2.75) is 6.92 Å². The van der Waals surface area contributed by atoms with Crippen molar-refractivity contribution < 1.29 is 14.3 Å². The van der Waals surface area contributed by atoms with Gasteiger partial charge in [0.15, 0.2) is 5.78 Å². The summed E-state index contributed by atoms with van der Waals surface area (Å²) in [7, 11) is 1.31. The molecule has 15 heavy (non-hydrogen) atoms. The number of methoxy groups -OCH3 is 1. The van der Waals surface area contributed by atoms with Gasteiger partial charge in [0.2, 0.25) is 0 Å². The number of hydrogen-bond donors (Lipinski definition) is 0. The Balaban J connectivity index is 3.16. The predicted octanol–water partition coefficient (Wildman–Crippen LogP) is 2.36. The molecule has 0 saturated heterocycles. The van der Waals surface area contributed by atoms with Crippen LogP contribution < -0.4 is 0 Å². The first-order valence-corrected chi connectivity index (χ1v) is 5.50. The highest BCUT2D eigenvalue weighted by Gasteiger charge is 2.12. The Morgan fingerprint density at radius 2 is 2.07 bits per heavy atom. The molecular weight excluding hydrogens is 260 g/mol. The zero-order chi connectivity index (χ0) is 11.4. The Bertz CT molecular complexity index is 399. The molecule has 0 heterocycles. The third kappa shape index (κ3) is 2.65. The van der Waals surface area contributed by atoms with Gasteiger partial charge in [0, 0.05) is 5.56 Å². The summed E-state index contributed by atoms with van der Waals surface area (Å²) < 4.78 is 4.58. The van der Waals surface area contributed by atoms with E-state index in [4.69, 9.17) is 0 Å². The molecule has 0 saturated carbocycles. The summed E-state index contributed by atoms with van der Waals surface area (Å²) in [6.45, 7) is 1.83. The number of esters is 1. The maximum absolute atomic E-state index is 11.5. The number of hydrogen-bond acceptors (Lipinski definition) is 3. The molecule has 1 rings (SSSR count). The monoisotopic (exact) mass is 270 g/mol. The van der Waals surface area contributed by atoms with Crippen molar-refractivity contribution in [1.29, 1.82) is 0 Å². The zero-order valence-corrected chi connectivity index (χ0v) is 10.1. The smallest absolute Gasteiger partial charge is 0.337 e. The lowest BCUT2D eigenvalue weighted by atomic mass is 10.0. The maximum atomic E-state index is 11.5. The summed E-state index contributed by atoms with van der Waals surface area (Å²) >= 11 is 3.10. The molecule has 0 aliphatic rings. The van der Waals surface area contributed by atoms with Crippen LogP contribution in [0, 0.1) is 6.92 Å². The molecule has 1 aromatic rings. The van der Waals surface area contributed by atoms with E-state index in [9.17, 15) is 9.59 Å². The quantitative estimate of drug-likeness (QED) is 0.481. The predicted molar refractivity (Wildman–Crippen MR) is 60.6 cm³/mol. The van der Waals surface area contributed by atoms with E-state index < -0.39 is 5.97 Å². The van der Waals surface area contributed by atoms with Crippen molar-refractivity contribution in [3.05, 3.63) is 34.9 Å². The fraction of sp³-hybridized carbons (Fsp3) is 0.273. The first-order chi connectivity index (χ1) is 7.10. The van der Waals surface area contributed by atoms with Crippen LogP contribution >= 0.6 is 15.9 Å². The number of ether oxygens (including phenoxy) is 1. The van der Waals surface area contributed by atoms with Gasteiger partial charge in [-0.2, -0.15) is 0 Å². The molecule has 4 heteroatoms. The number of benzene rings is 1. The first kappa shape index (κ1) is 11.9. The molecule has 0 amide bonds. The van der Waals surface area contributed by atoms with Crippen molar-refractivity contribution in [1.82, 2.24) is 0 Å². The summed E-state index contributed by atoms with van der Waals surface area (Å²) in [6, 6.07) is 4.94. The van der Waals surface area contributed by atoms with Crippen LogP contribution in [0.4, 0.5) is 0 Å². The van der Waals surface area contributed by atoms with E-state index in [0.717, 1.165) is 5.56 Å². The molecule has 0 fully saturated rings. The Morgan fingerprint density at radius 1 is 1.40 bits per heavy atom. The van der Waals surface area contributed by atoms with E-state index in [0.29, 0.717) is 11.1 Å². The first-order valence-electron chi connectivity index (χ1n) is 4.38. The van der Waals surface area contributed by atoms with E-state index >= 15 is 0 Å². The highest BCUT2D eigenvalue weighted by molar-refractivity contribution is 9.09. The number of carbonyl (C=O) groups excluding carboxylic acids is 2. The maximum Gasteiger partial charge on any atom is 0.337 e. The molecule has 1 aromatic carbocycles. The Labute approximate surface area is 96.6 Å². The van der Waals surface area contributed by atoms with Gasteiger partial charge in [0.1, 0.15) is 0 Å². The van der Waals surface area contributed by atoms with Gasteiger partial charge in [-0.15, -0.1) is 0 Å². The zero-order valence-electron chi connectivity index (χ0n) is 8.54. The van der Waals surface area contributed by atoms with Gasteiger partial charge < -0.3 is 4.74 Å². The Morgan fingerprint density at radius 3 is 2.60 bits per heavy atom. The van der Waals surface area contributed by atoms with Crippen LogP contribution in [-0.2, 0) is 4.74 Å². The normalized spacial score (nSPS) is 9.80. The number of Topliss-reactive ketones (excluding diaryl/α,β-unsaturated/α-hetero) is 1. The summed E-state index contributed by atoms with van der Waals surface area (Å²) in [5.74, 6) is -0.475. The van der Waals surface area contributed by atoms with Crippen molar-refractivity contribution >= 4 is 27.7 Å². The van der Waals surface area contributed by atoms with Crippen molar-refractivity contribution in [3.63, 3.8) is 0 Å². The number of alkyl halides is 1. The number of rotatable bonds is 3. The van der Waals surface area contributed by atoms with Gasteiger partial charge in [-0.1, -0.05) is 22.0 Å². The molecule has 0 aliphatic heterocycles. The van der Waals surface area contributed by atoms with Gasteiger partial charge in [0.25, 0.3) is 0 Å². The largest absolute Gasteiger partial charge is 0.465 e. The van der Waals surface area contributed by atoms with E-state index in [2.05, 4.69) is 20.7 Å². The lowest BCUT2D eigenvalue weighted by Gasteiger charge is -2.05. The molecule has 80 valence electrons. The van der Waals surface area contributed by atoms with Gasteiger partial charge in [-0.3, -0.25) is 4.79 Å². The van der Waals surface area contributed by atoms with Gasteiger partial charge in [-0.25, -0.2) is 4.79 Å². The average Bonchev–Trinajstić information content (AvgIpc) is 2.27. The van der Waals surface area contributed by atoms with Crippen LogP contribution in [0.1, 0.15) is 26.3 Å². The second-order valence-electron chi connectivity index (χ2n) is 3.08. The average molecular weight is 271 g/mol. The minimum absolute atomic E-state index is 0.0433. The standard InChI is InChI=1S/C11H11BrO3/c1-7-3-4-8(11(14)15-2)5-9(7)10(13)6-12/h3-5H,6H2,1-2H3. The van der Waals surface area contributed by atoms with Crippen molar-refractivity contribution in [3.8, 4) is 0 Å². The van der Waals surface area contributed by atoms with Gasteiger partial charge >= 0.3 is 5.97 Å². The van der Waals surface area contributed by atoms with Crippen LogP contribution in [0.3, 0.4) is 0 Å². The van der Waals surface area contributed by atoms with Crippen molar-refractivity contribution in [2.75, 3.05) is 12.4 Å². The van der Waals surface area contributed by atoms with E-state index in [1.165, 1.54) is 7.11 Å². The molecule has 0 atom stereocenters. The summed E-state index contributed by atoms with van der Waals surface area (Å²) in [6.07, 6.45) is 0. The molecule has 0 radical (unpaired) electrons. The van der Waals surface area contributed by atoms with Crippen LogP contribution in [0.15, 0.2) is 18.2 Å². The second-order valence-corrected chi connectivity index (χ2v) is 3.64. The SMILES string of the molecule is COC(=O)c1ccc(C)c(C(=O)CBr)c1. The Kier molecular flexibility index (Phi) is 4.03.